The van der Waals surface area contributed by atoms with Gasteiger partial charge in [0.05, 0.1) is 11.2 Å². The van der Waals surface area contributed by atoms with Gasteiger partial charge in [-0.15, -0.1) is 24.8 Å². The predicted molar refractivity (Wildman–Crippen MR) is 132 cm³/mol. The number of piperidine rings is 2. The van der Waals surface area contributed by atoms with Crippen molar-refractivity contribution in [2.24, 2.45) is 0 Å². The van der Waals surface area contributed by atoms with Crippen molar-refractivity contribution < 1.29 is 4.52 Å². The number of aromatic nitrogens is 4. The van der Waals surface area contributed by atoms with Crippen LogP contribution in [0.5, 0.6) is 0 Å². The number of hydrogen-bond acceptors (Lipinski definition) is 6. The Morgan fingerprint density at radius 2 is 1.78 bits per heavy atom. The van der Waals surface area contributed by atoms with Crippen LogP contribution in [0.4, 0.5) is 0 Å². The van der Waals surface area contributed by atoms with Crippen molar-refractivity contribution in [3.63, 3.8) is 0 Å². The molecule has 0 spiro atoms. The van der Waals surface area contributed by atoms with Crippen molar-refractivity contribution in [3.8, 4) is 5.95 Å². The summed E-state index contributed by atoms with van der Waals surface area (Å²) in [5.41, 5.74) is 3.33. The standard InChI is InChI=1S/C23H32N6O.2ClH/c1-15(2)21-19-5-4-16(3)14-20(19)29(26-21)23-25-22(30-27-23)17-8-12-28(13-9-17)18-6-10-24-11-7-18;;/h4-5,14-15,17-18,24H,6-13H2,1-3H3;2*1H. The molecule has 1 aromatic carbocycles. The Balaban J connectivity index is 0.00000144. The molecular formula is C23H34Cl2N6O. The molecule has 32 heavy (non-hydrogen) atoms. The van der Waals surface area contributed by atoms with Crippen LogP contribution < -0.4 is 5.32 Å². The first-order valence-electron chi connectivity index (χ1n) is 11.4. The van der Waals surface area contributed by atoms with E-state index < -0.39 is 0 Å². The van der Waals surface area contributed by atoms with E-state index in [9.17, 15) is 0 Å². The molecule has 0 aliphatic carbocycles. The van der Waals surface area contributed by atoms with Gasteiger partial charge in [-0.1, -0.05) is 26.0 Å². The van der Waals surface area contributed by atoms with Crippen LogP contribution in [0.25, 0.3) is 16.9 Å². The molecule has 176 valence electrons. The molecule has 0 saturated carbocycles. The number of nitrogens with one attached hydrogen (secondary N) is 1. The molecule has 0 amide bonds. The zero-order valence-corrected chi connectivity index (χ0v) is 20.7. The molecule has 1 N–H and O–H groups in total. The third-order valence-electron chi connectivity index (χ3n) is 6.74. The highest BCUT2D eigenvalue weighted by atomic mass is 35.5. The summed E-state index contributed by atoms with van der Waals surface area (Å²) in [5, 5.41) is 13.8. The monoisotopic (exact) mass is 480 g/mol. The Bertz CT molecular complexity index is 1020. The lowest BCUT2D eigenvalue weighted by Crippen LogP contribution is -2.46. The van der Waals surface area contributed by atoms with Crippen LogP contribution in [0.1, 0.15) is 68.5 Å². The number of hydrogen-bond donors (Lipinski definition) is 1. The number of halogens is 2. The van der Waals surface area contributed by atoms with Crippen molar-refractivity contribution in [1.29, 1.82) is 0 Å². The van der Waals surface area contributed by atoms with Crippen LogP contribution in [0.2, 0.25) is 0 Å². The largest absolute Gasteiger partial charge is 0.337 e. The summed E-state index contributed by atoms with van der Waals surface area (Å²) in [5.74, 6) is 1.99. The lowest BCUT2D eigenvalue weighted by molar-refractivity contribution is 0.120. The van der Waals surface area contributed by atoms with E-state index in [1.807, 2.05) is 4.68 Å². The number of nitrogens with zero attached hydrogens (tertiary/aromatic N) is 5. The van der Waals surface area contributed by atoms with Crippen molar-refractivity contribution in [2.45, 2.75) is 64.3 Å². The molecule has 0 atom stereocenters. The van der Waals surface area contributed by atoms with Crippen LogP contribution in [0, 0.1) is 6.92 Å². The first-order valence-corrected chi connectivity index (χ1v) is 11.4. The fourth-order valence-corrected chi connectivity index (χ4v) is 4.99. The van der Waals surface area contributed by atoms with Crippen LogP contribution in [0.15, 0.2) is 22.7 Å². The maximum absolute atomic E-state index is 5.74. The van der Waals surface area contributed by atoms with Gasteiger partial charge < -0.3 is 14.7 Å². The molecule has 2 aliphatic heterocycles. The Kier molecular flexibility index (Phi) is 8.20. The average Bonchev–Trinajstić information content (AvgIpc) is 3.39. The second-order valence-corrected chi connectivity index (χ2v) is 9.20. The van der Waals surface area contributed by atoms with Crippen molar-refractivity contribution in [3.05, 3.63) is 35.3 Å². The van der Waals surface area contributed by atoms with Crippen molar-refractivity contribution in [1.82, 2.24) is 30.1 Å². The van der Waals surface area contributed by atoms with E-state index in [1.165, 1.54) is 18.4 Å². The summed E-state index contributed by atoms with van der Waals surface area (Å²) < 4.78 is 7.59. The maximum atomic E-state index is 5.74. The Labute approximate surface area is 202 Å². The third kappa shape index (κ3) is 4.81. The predicted octanol–water partition coefficient (Wildman–Crippen LogP) is 4.62. The highest BCUT2D eigenvalue weighted by Gasteiger charge is 2.30. The molecule has 0 unspecified atom stereocenters. The minimum atomic E-state index is 0. The van der Waals surface area contributed by atoms with E-state index in [0.29, 0.717) is 17.8 Å². The zero-order valence-electron chi connectivity index (χ0n) is 19.1. The summed E-state index contributed by atoms with van der Waals surface area (Å²) in [6.45, 7) is 11.0. The molecule has 0 bridgehead atoms. The van der Waals surface area contributed by atoms with Gasteiger partial charge in [-0.25, -0.2) is 0 Å². The van der Waals surface area contributed by atoms with E-state index in [0.717, 1.165) is 67.6 Å². The van der Waals surface area contributed by atoms with E-state index in [1.54, 1.807) is 0 Å². The van der Waals surface area contributed by atoms with Crippen molar-refractivity contribution >= 4 is 35.7 Å². The van der Waals surface area contributed by atoms with Gasteiger partial charge in [0.1, 0.15) is 0 Å². The maximum Gasteiger partial charge on any atom is 0.291 e. The molecule has 2 aliphatic rings. The smallest absolute Gasteiger partial charge is 0.291 e. The molecule has 4 heterocycles. The summed E-state index contributed by atoms with van der Waals surface area (Å²) >= 11 is 0. The van der Waals surface area contributed by atoms with E-state index >= 15 is 0 Å². The molecule has 2 aromatic heterocycles. The Morgan fingerprint density at radius 1 is 1.06 bits per heavy atom. The fourth-order valence-electron chi connectivity index (χ4n) is 4.99. The second-order valence-electron chi connectivity index (χ2n) is 9.20. The molecule has 5 rings (SSSR count). The first kappa shape index (κ1) is 25.0. The van der Waals surface area contributed by atoms with Gasteiger partial charge in [-0.05, 0) is 81.5 Å². The zero-order chi connectivity index (χ0) is 20.7. The lowest BCUT2D eigenvalue weighted by Gasteiger charge is -2.38. The van der Waals surface area contributed by atoms with Gasteiger partial charge in [-0.2, -0.15) is 14.8 Å². The summed E-state index contributed by atoms with van der Waals surface area (Å²) in [6.07, 6.45) is 4.70. The summed E-state index contributed by atoms with van der Waals surface area (Å²) in [7, 11) is 0. The van der Waals surface area contributed by atoms with Gasteiger partial charge >= 0.3 is 0 Å². The molecule has 9 heteroatoms. The minimum absolute atomic E-state index is 0. The Morgan fingerprint density at radius 3 is 2.47 bits per heavy atom. The van der Waals surface area contributed by atoms with E-state index in [-0.39, 0.29) is 24.8 Å². The number of rotatable bonds is 4. The molecule has 7 nitrogen and oxygen atoms in total. The number of likely N-dealkylation sites (tertiary alicyclic amines) is 1. The molecule has 2 fully saturated rings. The van der Waals surface area contributed by atoms with Crippen LogP contribution in [-0.4, -0.2) is 57.0 Å². The van der Waals surface area contributed by atoms with Crippen molar-refractivity contribution in [2.75, 3.05) is 26.2 Å². The molecule has 0 radical (unpaired) electrons. The highest BCUT2D eigenvalue weighted by Crippen LogP contribution is 2.31. The molecule has 2 saturated heterocycles. The average molecular weight is 481 g/mol. The van der Waals surface area contributed by atoms with Crippen LogP contribution in [0.3, 0.4) is 0 Å². The van der Waals surface area contributed by atoms with Crippen LogP contribution >= 0.6 is 24.8 Å². The van der Waals surface area contributed by atoms with Gasteiger partial charge in [-0.3, -0.25) is 0 Å². The van der Waals surface area contributed by atoms with Gasteiger partial charge in [0.25, 0.3) is 5.95 Å². The quantitative estimate of drug-likeness (QED) is 0.587. The Hall–Kier alpha value is -1.67. The molecular weight excluding hydrogens is 447 g/mol. The van der Waals surface area contributed by atoms with E-state index in [2.05, 4.69) is 54.3 Å². The molecule has 3 aromatic rings. The third-order valence-corrected chi connectivity index (χ3v) is 6.74. The SMILES string of the molecule is Cc1ccc2c(C(C)C)nn(-c3noc(C4CCN(C5CCNCC5)CC4)n3)c2c1.Cl.Cl. The first-order chi connectivity index (χ1) is 14.6. The van der Waals surface area contributed by atoms with Gasteiger partial charge in [0.15, 0.2) is 0 Å². The summed E-state index contributed by atoms with van der Waals surface area (Å²) in [6, 6.07) is 7.18. The van der Waals surface area contributed by atoms with Crippen LogP contribution in [-0.2, 0) is 0 Å². The van der Waals surface area contributed by atoms with Gasteiger partial charge in [0.2, 0.25) is 5.89 Å². The van der Waals surface area contributed by atoms with E-state index in [4.69, 9.17) is 14.6 Å². The second kappa shape index (κ2) is 10.5. The number of fused-ring (bicyclic) bond motifs is 1. The number of benzene rings is 1. The minimum Gasteiger partial charge on any atom is -0.337 e. The lowest BCUT2D eigenvalue weighted by atomic mass is 9.94. The summed E-state index contributed by atoms with van der Waals surface area (Å²) in [4.78, 5) is 7.45. The fraction of sp³-hybridized carbons (Fsp3) is 0.609. The van der Waals surface area contributed by atoms with Gasteiger partial charge in [0, 0.05) is 17.3 Å². The number of aryl methyl sites for hydroxylation is 1. The highest BCUT2D eigenvalue weighted by molar-refractivity contribution is 5.86. The topological polar surface area (TPSA) is 72.0 Å². The normalized spacial score (nSPS) is 18.6.